The van der Waals surface area contributed by atoms with Crippen LogP contribution in [0.2, 0.25) is 0 Å². The fourth-order valence-electron chi connectivity index (χ4n) is 5.21. The zero-order valence-electron chi connectivity index (χ0n) is 31.3. The minimum absolute atomic E-state index is 0.0180. The molecular formula is C34H45I5N6O13. The number of rotatable bonds is 21. The Balaban J connectivity index is 2.33. The van der Waals surface area contributed by atoms with E-state index in [0.717, 1.165) is 4.90 Å². The van der Waals surface area contributed by atoms with E-state index in [4.69, 9.17) is 0 Å². The summed E-state index contributed by atoms with van der Waals surface area (Å²) in [7, 11) is 2.81. The van der Waals surface area contributed by atoms with Crippen molar-refractivity contribution in [2.45, 2.75) is 44.3 Å². The molecule has 0 aliphatic carbocycles. The molecule has 2 rings (SSSR count). The molecule has 0 radical (unpaired) electrons. The summed E-state index contributed by atoms with van der Waals surface area (Å²) >= 11 is 9.33. The standard InChI is InChI=1S/C34H45I5N6O13/c1-14-19(23(35)21(33(57)44(2)8-15(50)10-46)26(38)28(14)43-30(54)17(52)12-48)31(55)40-6-4-5-7-41-32(56)20-24(36)22(34(58)45(3)9-16(51)11-47)27(39)29(25(20)37)42-18(53)13-49/h15-18,42,46-53H,4-13H2,1-3H3,(H,40,55)(H,41,56)(H,43,54). The quantitative estimate of drug-likeness (QED) is 0.0439. The second kappa shape index (κ2) is 25.1. The second-order valence-corrected chi connectivity index (χ2v) is 18.1. The van der Waals surface area contributed by atoms with Crippen LogP contribution in [0.25, 0.3) is 0 Å². The first-order valence-electron chi connectivity index (χ1n) is 17.2. The Labute approximate surface area is 402 Å². The van der Waals surface area contributed by atoms with Crippen molar-refractivity contribution in [1.29, 1.82) is 0 Å². The molecule has 0 aliphatic heterocycles. The summed E-state index contributed by atoms with van der Waals surface area (Å²) in [6.45, 7) is -1.37. The third-order valence-electron chi connectivity index (χ3n) is 8.29. The van der Waals surface area contributed by atoms with E-state index in [-0.39, 0.29) is 76.1 Å². The van der Waals surface area contributed by atoms with E-state index in [2.05, 4.69) is 21.3 Å². The molecule has 4 atom stereocenters. The van der Waals surface area contributed by atoms with Gasteiger partial charge < -0.3 is 71.9 Å². The number of carbonyl (C=O) groups is 5. The highest BCUT2D eigenvalue weighted by molar-refractivity contribution is 14.1. The summed E-state index contributed by atoms with van der Waals surface area (Å²) in [5.74, 6) is -3.32. The van der Waals surface area contributed by atoms with E-state index in [9.17, 15) is 64.8 Å². The average Bonchev–Trinajstić information content (AvgIpc) is 3.18. The monoisotopic (exact) mass is 1380 g/mol. The maximum absolute atomic E-state index is 13.7. The molecule has 0 saturated heterocycles. The number of hydrogen-bond acceptors (Lipinski definition) is 14. The van der Waals surface area contributed by atoms with Crippen LogP contribution in [0.4, 0.5) is 11.4 Å². The molecule has 2 aromatic carbocycles. The molecule has 0 aliphatic rings. The van der Waals surface area contributed by atoms with Crippen LogP contribution in [0.1, 0.15) is 59.8 Å². The zero-order valence-corrected chi connectivity index (χ0v) is 42.1. The van der Waals surface area contributed by atoms with E-state index in [0.29, 0.717) is 20.0 Å². The van der Waals surface area contributed by atoms with Gasteiger partial charge in [-0.3, -0.25) is 24.0 Å². The topological polar surface area (TPSA) is 302 Å². The third-order valence-corrected chi connectivity index (χ3v) is 13.7. The molecule has 4 unspecified atom stereocenters. The van der Waals surface area contributed by atoms with Crippen molar-refractivity contribution < 1.29 is 64.8 Å². The fourth-order valence-corrected chi connectivity index (χ4v) is 12.3. The van der Waals surface area contributed by atoms with Crippen LogP contribution in [0.15, 0.2) is 0 Å². The molecule has 58 heavy (non-hydrogen) atoms. The van der Waals surface area contributed by atoms with Gasteiger partial charge in [-0.25, -0.2) is 0 Å². The van der Waals surface area contributed by atoms with Gasteiger partial charge in [0.15, 0.2) is 6.10 Å². The predicted octanol–water partition coefficient (Wildman–Crippen LogP) is -0.177. The highest BCUT2D eigenvalue weighted by atomic mass is 127. The van der Waals surface area contributed by atoms with Crippen LogP contribution in [-0.2, 0) is 4.79 Å². The molecule has 2 aromatic rings. The number of unbranched alkanes of at least 4 members (excludes halogenated alkanes) is 1. The molecule has 5 amide bonds. The number of aliphatic hydroxyl groups is 8. The normalized spacial score (nSPS) is 13.2. The summed E-state index contributed by atoms with van der Waals surface area (Å²) in [6.07, 6.45) is -4.91. The molecule has 19 nitrogen and oxygen atoms in total. The van der Waals surface area contributed by atoms with E-state index < -0.39 is 80.5 Å². The summed E-state index contributed by atoms with van der Waals surface area (Å²) in [4.78, 5) is 69.4. The van der Waals surface area contributed by atoms with E-state index in [1.165, 1.54) is 25.9 Å². The van der Waals surface area contributed by atoms with Gasteiger partial charge in [-0.15, -0.1) is 0 Å². The maximum atomic E-state index is 13.7. The molecule has 0 fully saturated rings. The number of nitrogens with zero attached hydrogens (tertiary/aromatic N) is 2. The van der Waals surface area contributed by atoms with Crippen molar-refractivity contribution in [2.75, 3.05) is 77.3 Å². The molecule has 12 N–H and O–H groups in total. The van der Waals surface area contributed by atoms with Gasteiger partial charge in [0.2, 0.25) is 0 Å². The van der Waals surface area contributed by atoms with Gasteiger partial charge in [0, 0.05) is 47.4 Å². The number of amides is 5. The highest BCUT2D eigenvalue weighted by Crippen LogP contribution is 2.37. The number of aliphatic hydroxyl groups excluding tert-OH is 8. The van der Waals surface area contributed by atoms with Gasteiger partial charge in [-0.05, 0) is 138 Å². The zero-order chi connectivity index (χ0) is 44.2. The predicted molar refractivity (Wildman–Crippen MR) is 254 cm³/mol. The lowest BCUT2D eigenvalue weighted by Crippen LogP contribution is -2.38. The van der Waals surface area contributed by atoms with Gasteiger partial charge in [0.25, 0.3) is 29.5 Å². The van der Waals surface area contributed by atoms with E-state index >= 15 is 0 Å². The minimum atomic E-state index is -1.78. The van der Waals surface area contributed by atoms with Crippen molar-refractivity contribution in [3.05, 3.63) is 45.7 Å². The Morgan fingerprint density at radius 3 is 1.43 bits per heavy atom. The Hall–Kier alpha value is -1.08. The van der Waals surface area contributed by atoms with Gasteiger partial charge in [-0.1, -0.05) is 0 Å². The minimum Gasteiger partial charge on any atom is -0.394 e. The molecule has 0 bridgehead atoms. The fraction of sp³-hybridized carbons (Fsp3) is 0.500. The third kappa shape index (κ3) is 13.7. The van der Waals surface area contributed by atoms with Crippen LogP contribution in [0.5, 0.6) is 0 Å². The number of likely N-dealkylation sites (N-methyl/N-ethyl adjacent to an activating group) is 2. The lowest BCUT2D eigenvalue weighted by Gasteiger charge is -2.25. The first kappa shape index (κ1) is 53.1. The smallest absolute Gasteiger partial charge is 0.255 e. The van der Waals surface area contributed by atoms with Crippen molar-refractivity contribution in [2.24, 2.45) is 0 Å². The number of halogens is 5. The molecule has 0 heterocycles. The Bertz CT molecular complexity index is 1840. The SMILES string of the molecule is Cc1c(NC(=O)C(O)CO)c(I)c(C(=O)N(C)CC(O)CO)c(I)c1C(=O)NCCCCNC(=O)c1c(I)c(NC(O)CO)c(I)c(C(=O)N(C)CC(O)CO)c1I. The van der Waals surface area contributed by atoms with E-state index in [1.807, 2.05) is 113 Å². The van der Waals surface area contributed by atoms with E-state index in [1.54, 1.807) is 0 Å². The summed E-state index contributed by atoms with van der Waals surface area (Å²) in [5, 5.41) is 88.0. The average molecular weight is 1380 g/mol. The number of carbonyl (C=O) groups excluding carboxylic acids is 5. The lowest BCUT2D eigenvalue weighted by atomic mass is 10.00. The van der Waals surface area contributed by atoms with Crippen LogP contribution < -0.4 is 21.3 Å². The maximum Gasteiger partial charge on any atom is 0.255 e. The number of anilines is 2. The number of benzene rings is 2. The molecule has 0 spiro atoms. The number of hydrogen-bond donors (Lipinski definition) is 12. The summed E-state index contributed by atoms with van der Waals surface area (Å²) in [6, 6.07) is 0. The second-order valence-electron chi connectivity index (χ2n) is 12.7. The van der Waals surface area contributed by atoms with Crippen molar-refractivity contribution in [3.8, 4) is 0 Å². The molecule has 0 aromatic heterocycles. The number of nitrogens with one attached hydrogen (secondary N) is 4. The van der Waals surface area contributed by atoms with Crippen LogP contribution >= 0.6 is 113 Å². The van der Waals surface area contributed by atoms with Crippen molar-refractivity contribution in [1.82, 2.24) is 20.4 Å². The Morgan fingerprint density at radius 1 is 0.586 bits per heavy atom. The first-order chi connectivity index (χ1) is 27.2. The first-order valence-corrected chi connectivity index (χ1v) is 22.6. The van der Waals surface area contributed by atoms with Crippen LogP contribution in [0, 0.1) is 24.8 Å². The van der Waals surface area contributed by atoms with Crippen molar-refractivity contribution >= 4 is 154 Å². The highest BCUT2D eigenvalue weighted by Gasteiger charge is 2.32. The Kier molecular flexibility index (Phi) is 23.0. The Morgan fingerprint density at radius 2 is 1.00 bits per heavy atom. The molecular weight excluding hydrogens is 1330 g/mol. The van der Waals surface area contributed by atoms with Gasteiger partial charge in [0.05, 0.1) is 83.0 Å². The van der Waals surface area contributed by atoms with Crippen LogP contribution in [-0.4, -0.2) is 171 Å². The van der Waals surface area contributed by atoms with Gasteiger partial charge >= 0.3 is 0 Å². The van der Waals surface area contributed by atoms with Gasteiger partial charge in [0.1, 0.15) is 6.23 Å². The molecule has 0 saturated carbocycles. The van der Waals surface area contributed by atoms with Crippen LogP contribution in [0.3, 0.4) is 0 Å². The summed E-state index contributed by atoms with van der Waals surface area (Å²) in [5.41, 5.74) is 0.815. The largest absolute Gasteiger partial charge is 0.394 e. The lowest BCUT2D eigenvalue weighted by molar-refractivity contribution is -0.125. The summed E-state index contributed by atoms with van der Waals surface area (Å²) < 4.78 is 1.45. The molecule has 324 valence electrons. The molecule has 24 heteroatoms. The van der Waals surface area contributed by atoms with Gasteiger partial charge in [-0.2, -0.15) is 0 Å². The van der Waals surface area contributed by atoms with Crippen molar-refractivity contribution in [3.63, 3.8) is 0 Å².